The van der Waals surface area contributed by atoms with Gasteiger partial charge < -0.3 is 0 Å². The fraction of sp³-hybridized carbons (Fsp3) is 0.125. The lowest BCUT2D eigenvalue weighted by Gasteiger charge is -2.03. The Bertz CT molecular complexity index is 496. The number of nitrogens with zero attached hydrogens (tertiary/aromatic N) is 3. The lowest BCUT2D eigenvalue weighted by Crippen LogP contribution is -2.05. The summed E-state index contributed by atoms with van der Waals surface area (Å²) in [5.74, 6) is 0. The van der Waals surface area contributed by atoms with Crippen molar-refractivity contribution in [2.45, 2.75) is 6.43 Å². The van der Waals surface area contributed by atoms with E-state index in [-0.39, 0.29) is 6.29 Å². The third-order valence-corrected chi connectivity index (χ3v) is 1.76. The fourth-order valence-electron chi connectivity index (χ4n) is 1.10. The number of hydrogen-bond donors (Lipinski definition) is 0. The van der Waals surface area contributed by atoms with E-state index in [4.69, 9.17) is 5.26 Å². The normalized spacial score (nSPS) is 9.88. The molecule has 1 aromatic heterocycles. The number of aldehydes is 1. The summed E-state index contributed by atoms with van der Waals surface area (Å²) in [6, 6.07) is 1.42. The van der Waals surface area contributed by atoms with Crippen LogP contribution in [-0.4, -0.2) is 16.2 Å². The third kappa shape index (κ3) is 1.83. The molecule has 8 heteroatoms. The number of nitro groups is 1. The van der Waals surface area contributed by atoms with Gasteiger partial charge in [0.05, 0.1) is 4.92 Å². The highest BCUT2D eigenvalue weighted by Crippen LogP contribution is 2.31. The molecule has 0 N–H and O–H groups in total. The molecule has 0 amide bonds. The van der Waals surface area contributed by atoms with Crippen LogP contribution in [-0.2, 0) is 0 Å². The zero-order valence-corrected chi connectivity index (χ0v) is 7.55. The van der Waals surface area contributed by atoms with Crippen LogP contribution in [0.25, 0.3) is 0 Å². The van der Waals surface area contributed by atoms with E-state index in [0.717, 1.165) is 0 Å². The van der Waals surface area contributed by atoms with Gasteiger partial charge in [0.1, 0.15) is 17.2 Å². The molecule has 0 atom stereocenters. The van der Waals surface area contributed by atoms with Crippen molar-refractivity contribution in [3.63, 3.8) is 0 Å². The topological polar surface area (TPSA) is 96.9 Å². The minimum absolute atomic E-state index is 0.0322. The lowest BCUT2D eigenvalue weighted by molar-refractivity contribution is -0.386. The van der Waals surface area contributed by atoms with Crippen molar-refractivity contribution in [1.29, 1.82) is 5.26 Å². The summed E-state index contributed by atoms with van der Waals surface area (Å²) in [4.78, 5) is 23.2. The van der Waals surface area contributed by atoms with E-state index in [0.29, 0.717) is 6.20 Å². The van der Waals surface area contributed by atoms with Crippen LogP contribution in [0.3, 0.4) is 0 Å². The number of carbonyl (C=O) groups excluding carboxylic acids is 1. The van der Waals surface area contributed by atoms with Crippen LogP contribution in [0.15, 0.2) is 6.20 Å². The Morgan fingerprint density at radius 3 is 2.62 bits per heavy atom. The van der Waals surface area contributed by atoms with Crippen LogP contribution in [0.4, 0.5) is 14.5 Å². The van der Waals surface area contributed by atoms with Crippen molar-refractivity contribution in [3.05, 3.63) is 33.1 Å². The highest BCUT2D eigenvalue weighted by Gasteiger charge is 2.28. The quantitative estimate of drug-likeness (QED) is 0.443. The first kappa shape index (κ1) is 11.6. The molecule has 0 aliphatic heterocycles. The van der Waals surface area contributed by atoms with Crippen LogP contribution < -0.4 is 0 Å². The lowest BCUT2D eigenvalue weighted by atomic mass is 10.1. The SMILES string of the molecule is N#Cc1ncc(C(F)F)c([N+](=O)[O-])c1C=O. The molecule has 0 aliphatic rings. The minimum Gasteiger partial charge on any atom is -0.298 e. The Morgan fingerprint density at radius 2 is 2.25 bits per heavy atom. The number of hydrogen-bond acceptors (Lipinski definition) is 5. The smallest absolute Gasteiger partial charge is 0.293 e. The van der Waals surface area contributed by atoms with Gasteiger partial charge in [0.15, 0.2) is 12.0 Å². The zero-order valence-electron chi connectivity index (χ0n) is 7.55. The van der Waals surface area contributed by atoms with Gasteiger partial charge >= 0.3 is 0 Å². The zero-order chi connectivity index (χ0) is 12.3. The van der Waals surface area contributed by atoms with Crippen LogP contribution in [0.5, 0.6) is 0 Å². The van der Waals surface area contributed by atoms with Gasteiger partial charge in [-0.05, 0) is 0 Å². The van der Waals surface area contributed by atoms with Gasteiger partial charge in [-0.25, -0.2) is 13.8 Å². The van der Waals surface area contributed by atoms with Crippen molar-refractivity contribution < 1.29 is 18.5 Å². The first-order valence-corrected chi connectivity index (χ1v) is 3.83. The van der Waals surface area contributed by atoms with Crippen LogP contribution >= 0.6 is 0 Å². The molecule has 1 rings (SSSR count). The first-order chi connectivity index (χ1) is 7.52. The van der Waals surface area contributed by atoms with E-state index < -0.39 is 33.9 Å². The number of aromatic nitrogens is 1. The number of rotatable bonds is 3. The largest absolute Gasteiger partial charge is 0.298 e. The highest BCUT2D eigenvalue weighted by molar-refractivity contribution is 5.85. The number of pyridine rings is 1. The summed E-state index contributed by atoms with van der Waals surface area (Å²) >= 11 is 0. The average Bonchev–Trinajstić information content (AvgIpc) is 2.26. The van der Waals surface area contributed by atoms with Crippen LogP contribution in [0.1, 0.15) is 28.0 Å². The molecule has 82 valence electrons. The summed E-state index contributed by atoms with van der Waals surface area (Å²) in [5, 5.41) is 19.1. The van der Waals surface area contributed by atoms with Gasteiger partial charge in [-0.1, -0.05) is 0 Å². The Morgan fingerprint density at radius 1 is 1.62 bits per heavy atom. The molecule has 0 fully saturated rings. The molecule has 6 nitrogen and oxygen atoms in total. The summed E-state index contributed by atoms with van der Waals surface area (Å²) in [6.07, 6.45) is -2.65. The first-order valence-electron chi connectivity index (χ1n) is 3.83. The van der Waals surface area contributed by atoms with Gasteiger partial charge in [0.2, 0.25) is 0 Å². The highest BCUT2D eigenvalue weighted by atomic mass is 19.3. The summed E-state index contributed by atoms with van der Waals surface area (Å²) in [7, 11) is 0. The maximum atomic E-state index is 12.4. The van der Waals surface area contributed by atoms with E-state index in [1.807, 2.05) is 0 Å². The van der Waals surface area contributed by atoms with Crippen molar-refractivity contribution >= 4 is 12.0 Å². The standard InChI is InChI=1S/C8H3F2N3O3/c9-8(10)4-2-12-6(1-11)5(3-14)7(4)13(15)16/h2-3,8H. The number of nitriles is 1. The summed E-state index contributed by atoms with van der Waals surface area (Å²) < 4.78 is 24.8. The molecule has 0 unspecified atom stereocenters. The Kier molecular flexibility index (Phi) is 3.20. The molecule has 0 radical (unpaired) electrons. The molecular weight excluding hydrogens is 224 g/mol. The molecular formula is C8H3F2N3O3. The van der Waals surface area contributed by atoms with Crippen molar-refractivity contribution in [2.75, 3.05) is 0 Å². The van der Waals surface area contributed by atoms with Gasteiger partial charge in [0, 0.05) is 6.20 Å². The van der Waals surface area contributed by atoms with E-state index in [9.17, 15) is 23.7 Å². The minimum atomic E-state index is -3.14. The Labute approximate surface area is 87.3 Å². The second-order valence-corrected chi connectivity index (χ2v) is 2.61. The Balaban J connectivity index is 3.65. The van der Waals surface area contributed by atoms with Gasteiger partial charge in [-0.3, -0.25) is 14.9 Å². The second kappa shape index (κ2) is 4.39. The predicted molar refractivity (Wildman–Crippen MR) is 46.0 cm³/mol. The van der Waals surface area contributed by atoms with Crippen LogP contribution in [0.2, 0.25) is 0 Å². The van der Waals surface area contributed by atoms with E-state index in [1.165, 1.54) is 6.07 Å². The molecule has 0 aliphatic carbocycles. The van der Waals surface area contributed by atoms with Gasteiger partial charge in [-0.2, -0.15) is 5.26 Å². The van der Waals surface area contributed by atoms with E-state index >= 15 is 0 Å². The van der Waals surface area contributed by atoms with E-state index in [1.54, 1.807) is 0 Å². The molecule has 0 aromatic carbocycles. The van der Waals surface area contributed by atoms with Crippen molar-refractivity contribution in [2.24, 2.45) is 0 Å². The molecule has 1 heterocycles. The summed E-state index contributed by atoms with van der Waals surface area (Å²) in [5.41, 5.74) is -3.33. The number of halogens is 2. The van der Waals surface area contributed by atoms with E-state index in [2.05, 4.69) is 4.98 Å². The maximum absolute atomic E-state index is 12.4. The van der Waals surface area contributed by atoms with Crippen molar-refractivity contribution in [3.8, 4) is 6.07 Å². The molecule has 16 heavy (non-hydrogen) atoms. The van der Waals surface area contributed by atoms with Crippen molar-refractivity contribution in [1.82, 2.24) is 4.98 Å². The average molecular weight is 227 g/mol. The Hall–Kier alpha value is -2.43. The molecule has 0 spiro atoms. The van der Waals surface area contributed by atoms with Crippen LogP contribution in [0, 0.1) is 21.4 Å². The molecule has 1 aromatic rings. The number of alkyl halides is 2. The fourth-order valence-corrected chi connectivity index (χ4v) is 1.10. The molecule has 0 bridgehead atoms. The number of carbonyl (C=O) groups is 1. The van der Waals surface area contributed by atoms with Gasteiger partial charge in [0.25, 0.3) is 12.1 Å². The third-order valence-electron chi connectivity index (χ3n) is 1.76. The molecule has 0 saturated carbocycles. The predicted octanol–water partition coefficient (Wildman–Crippen LogP) is 1.61. The molecule has 0 saturated heterocycles. The monoisotopic (exact) mass is 227 g/mol. The van der Waals surface area contributed by atoms with Gasteiger partial charge in [-0.15, -0.1) is 0 Å². The second-order valence-electron chi connectivity index (χ2n) is 2.61. The summed E-state index contributed by atoms with van der Waals surface area (Å²) in [6.45, 7) is 0. The maximum Gasteiger partial charge on any atom is 0.293 e.